The molecule has 3 nitrogen and oxygen atoms in total. The highest BCUT2D eigenvalue weighted by molar-refractivity contribution is 6.20. The zero-order valence-corrected chi connectivity index (χ0v) is 26.5. The van der Waals surface area contributed by atoms with E-state index < -0.39 is 0 Å². The molecule has 0 N–H and O–H groups in total. The van der Waals surface area contributed by atoms with E-state index in [1.165, 1.54) is 5.39 Å². The molecule has 228 valence electrons. The van der Waals surface area contributed by atoms with Crippen LogP contribution in [-0.2, 0) is 0 Å². The monoisotopic (exact) mass is 624 g/mol. The number of hydrogen-bond donors (Lipinski definition) is 0. The molecule has 10 rings (SSSR count). The summed E-state index contributed by atoms with van der Waals surface area (Å²) in [7, 11) is 0. The second-order valence-electron chi connectivity index (χ2n) is 12.5. The minimum atomic E-state index is 0.699. The van der Waals surface area contributed by atoms with Crippen molar-refractivity contribution in [3.05, 3.63) is 170 Å². The van der Waals surface area contributed by atoms with Gasteiger partial charge in [-0.3, -0.25) is 0 Å². The highest BCUT2D eigenvalue weighted by atomic mass is 16.3. The summed E-state index contributed by atoms with van der Waals surface area (Å²) in [4.78, 5) is 10.7. The Morgan fingerprint density at radius 2 is 0.837 bits per heavy atom. The SMILES string of the molecule is c1ccc(-c2cccc3c2oc2c4ccccc4c(-c4cc(-c5cccc6ccccc56)nc(-c5cccc6ccccc56)n4)cc32)cc1. The summed E-state index contributed by atoms with van der Waals surface area (Å²) < 4.78 is 6.79. The molecule has 0 saturated carbocycles. The lowest BCUT2D eigenvalue weighted by atomic mass is 9.95. The van der Waals surface area contributed by atoms with Crippen LogP contribution in [0.25, 0.3) is 99.3 Å². The quantitative estimate of drug-likeness (QED) is 0.196. The van der Waals surface area contributed by atoms with Gasteiger partial charge >= 0.3 is 0 Å². The summed E-state index contributed by atoms with van der Waals surface area (Å²) >= 11 is 0. The number of benzene rings is 8. The standard InChI is InChI=1S/C46H28N2O/c1-2-13-31(14-3-1)34-23-12-25-38-41-27-40(35-21-8-9-22-37(35)45(41)49-44(34)38)43-28-42(36-24-10-17-29-15-4-6-19-32(29)36)47-46(48-43)39-26-11-18-30-16-5-7-20-33(30)39/h1-28H. The Kier molecular flexibility index (Phi) is 6.18. The van der Waals surface area contributed by atoms with Gasteiger partial charge in [0.1, 0.15) is 11.2 Å². The molecule has 0 atom stereocenters. The van der Waals surface area contributed by atoms with Gasteiger partial charge in [0.2, 0.25) is 0 Å². The fourth-order valence-electron chi connectivity index (χ4n) is 7.39. The molecule has 0 bridgehead atoms. The van der Waals surface area contributed by atoms with E-state index in [2.05, 4.69) is 164 Å². The van der Waals surface area contributed by atoms with E-state index >= 15 is 0 Å². The van der Waals surface area contributed by atoms with Crippen LogP contribution in [0.3, 0.4) is 0 Å². The van der Waals surface area contributed by atoms with Gasteiger partial charge in [-0.15, -0.1) is 0 Å². The van der Waals surface area contributed by atoms with Crippen LogP contribution in [0.15, 0.2) is 174 Å². The van der Waals surface area contributed by atoms with Gasteiger partial charge in [0.25, 0.3) is 0 Å². The fraction of sp³-hybridized carbons (Fsp3) is 0. The minimum Gasteiger partial charge on any atom is -0.455 e. The predicted molar refractivity (Wildman–Crippen MR) is 204 cm³/mol. The number of fused-ring (bicyclic) bond motifs is 7. The van der Waals surface area contributed by atoms with Crippen LogP contribution >= 0.6 is 0 Å². The summed E-state index contributed by atoms with van der Waals surface area (Å²) in [5.74, 6) is 0.699. The Morgan fingerprint density at radius 1 is 0.327 bits per heavy atom. The van der Waals surface area contributed by atoms with E-state index in [-0.39, 0.29) is 0 Å². The lowest BCUT2D eigenvalue weighted by Gasteiger charge is -2.14. The summed E-state index contributed by atoms with van der Waals surface area (Å²) in [6.07, 6.45) is 0. The maximum atomic E-state index is 6.79. The van der Waals surface area contributed by atoms with Crippen LogP contribution in [-0.4, -0.2) is 9.97 Å². The molecule has 0 aliphatic carbocycles. The van der Waals surface area contributed by atoms with E-state index in [0.29, 0.717) is 5.82 Å². The molecule has 0 unspecified atom stereocenters. The first-order valence-corrected chi connectivity index (χ1v) is 16.6. The Morgan fingerprint density at radius 3 is 1.59 bits per heavy atom. The largest absolute Gasteiger partial charge is 0.455 e. The van der Waals surface area contributed by atoms with Gasteiger partial charge in [0.15, 0.2) is 5.82 Å². The van der Waals surface area contributed by atoms with Crippen molar-refractivity contribution in [2.75, 3.05) is 0 Å². The smallest absolute Gasteiger partial charge is 0.161 e. The van der Waals surface area contributed by atoms with Crippen molar-refractivity contribution in [3.8, 4) is 45.0 Å². The Bertz CT molecular complexity index is 2780. The predicted octanol–water partition coefficient (Wildman–Crippen LogP) is 12.5. The number of nitrogens with zero attached hydrogens (tertiary/aromatic N) is 2. The first-order valence-electron chi connectivity index (χ1n) is 16.6. The number of furan rings is 1. The highest BCUT2D eigenvalue weighted by Crippen LogP contribution is 2.43. The van der Waals surface area contributed by atoms with E-state index in [4.69, 9.17) is 14.4 Å². The van der Waals surface area contributed by atoms with Crippen molar-refractivity contribution in [1.82, 2.24) is 9.97 Å². The van der Waals surface area contributed by atoms with Gasteiger partial charge in [0, 0.05) is 38.4 Å². The third-order valence-electron chi connectivity index (χ3n) is 9.69. The van der Waals surface area contributed by atoms with Crippen LogP contribution in [0.2, 0.25) is 0 Å². The summed E-state index contributed by atoms with van der Waals surface area (Å²) in [6.45, 7) is 0. The molecular formula is C46H28N2O. The van der Waals surface area contributed by atoms with Gasteiger partial charge < -0.3 is 4.42 Å². The maximum absolute atomic E-state index is 6.79. The van der Waals surface area contributed by atoms with E-state index in [1.807, 2.05) is 6.07 Å². The van der Waals surface area contributed by atoms with Crippen LogP contribution in [0.5, 0.6) is 0 Å². The molecule has 0 fully saturated rings. The van der Waals surface area contributed by atoms with Crippen LogP contribution < -0.4 is 0 Å². The topological polar surface area (TPSA) is 38.9 Å². The zero-order chi connectivity index (χ0) is 32.3. The number of para-hydroxylation sites is 1. The van der Waals surface area contributed by atoms with Gasteiger partial charge in [-0.05, 0) is 44.6 Å². The molecule has 0 radical (unpaired) electrons. The molecule has 3 heteroatoms. The molecule has 0 spiro atoms. The maximum Gasteiger partial charge on any atom is 0.161 e. The van der Waals surface area contributed by atoms with Crippen molar-refractivity contribution < 1.29 is 4.42 Å². The molecule has 8 aromatic carbocycles. The molecule has 0 aliphatic rings. The second-order valence-corrected chi connectivity index (χ2v) is 12.5. The van der Waals surface area contributed by atoms with Gasteiger partial charge in [-0.25, -0.2) is 9.97 Å². The van der Waals surface area contributed by atoms with Crippen molar-refractivity contribution in [3.63, 3.8) is 0 Å². The van der Waals surface area contributed by atoms with Gasteiger partial charge in [-0.1, -0.05) is 158 Å². The van der Waals surface area contributed by atoms with Crippen LogP contribution in [0.4, 0.5) is 0 Å². The van der Waals surface area contributed by atoms with Gasteiger partial charge in [-0.2, -0.15) is 0 Å². The molecule has 2 heterocycles. The minimum absolute atomic E-state index is 0.699. The molecule has 49 heavy (non-hydrogen) atoms. The second kappa shape index (κ2) is 11.0. The summed E-state index contributed by atoms with van der Waals surface area (Å²) in [5, 5.41) is 8.92. The molecule has 0 saturated heterocycles. The van der Waals surface area contributed by atoms with Crippen molar-refractivity contribution >= 4 is 54.3 Å². The Hall–Kier alpha value is -6.58. The first-order chi connectivity index (χ1) is 24.3. The van der Waals surface area contributed by atoms with Gasteiger partial charge in [0.05, 0.1) is 11.4 Å². The highest BCUT2D eigenvalue weighted by Gasteiger charge is 2.20. The third kappa shape index (κ3) is 4.44. The lowest BCUT2D eigenvalue weighted by Crippen LogP contribution is -1.97. The molecular weight excluding hydrogens is 597 g/mol. The summed E-state index contributed by atoms with van der Waals surface area (Å²) in [5.41, 5.74) is 8.87. The van der Waals surface area contributed by atoms with Crippen molar-refractivity contribution in [2.24, 2.45) is 0 Å². The third-order valence-corrected chi connectivity index (χ3v) is 9.69. The molecule has 10 aromatic rings. The number of rotatable bonds is 4. The zero-order valence-electron chi connectivity index (χ0n) is 26.5. The van der Waals surface area contributed by atoms with Crippen LogP contribution in [0, 0.1) is 0 Å². The molecule has 0 aliphatic heterocycles. The normalized spacial score (nSPS) is 11.7. The van der Waals surface area contributed by atoms with Crippen molar-refractivity contribution in [1.29, 1.82) is 0 Å². The fourth-order valence-corrected chi connectivity index (χ4v) is 7.39. The first kappa shape index (κ1) is 27.5. The molecule has 0 amide bonds. The average Bonchev–Trinajstić information content (AvgIpc) is 3.56. The Labute approximate surface area is 282 Å². The van der Waals surface area contributed by atoms with Crippen molar-refractivity contribution in [2.45, 2.75) is 0 Å². The van der Waals surface area contributed by atoms with E-state index in [1.54, 1.807) is 0 Å². The molecule has 2 aromatic heterocycles. The number of hydrogen-bond acceptors (Lipinski definition) is 3. The average molecular weight is 625 g/mol. The summed E-state index contributed by atoms with van der Waals surface area (Å²) in [6, 6.07) is 59.5. The van der Waals surface area contributed by atoms with E-state index in [9.17, 15) is 0 Å². The Balaban J connectivity index is 1.29. The van der Waals surface area contributed by atoms with E-state index in [0.717, 1.165) is 88.1 Å². The number of aromatic nitrogens is 2. The van der Waals surface area contributed by atoms with Crippen LogP contribution in [0.1, 0.15) is 0 Å². The lowest BCUT2D eigenvalue weighted by molar-refractivity contribution is 0.674.